The Balaban J connectivity index is 0. The molecule has 2 heteroatoms. The molecule has 0 atom stereocenters. The van der Waals surface area contributed by atoms with Gasteiger partial charge in [0, 0.05) is 5.70 Å². The topological polar surface area (TPSA) is 38.0 Å². The van der Waals surface area contributed by atoms with Crippen molar-refractivity contribution in [3.8, 4) is 0 Å². The van der Waals surface area contributed by atoms with Gasteiger partial charge in [0.25, 0.3) is 0 Å². The summed E-state index contributed by atoms with van der Waals surface area (Å²) in [6.45, 7) is 10.5. The molecule has 0 saturated heterocycles. The molecule has 0 aromatic heterocycles. The molecule has 0 aromatic carbocycles. The number of hydrogen-bond acceptors (Lipinski definition) is 2. The minimum atomic E-state index is 0.505. The van der Waals surface area contributed by atoms with Gasteiger partial charge >= 0.3 is 0 Å². The maximum atomic E-state index is 5.17. The average Bonchev–Trinajstić information content (AvgIpc) is 2.07. The highest BCUT2D eigenvalue weighted by Crippen LogP contribution is 2.02. The van der Waals surface area contributed by atoms with Crippen LogP contribution in [0.15, 0.2) is 11.8 Å². The number of allylic oxidation sites excluding steroid dienone is 2. The smallest absolute Gasteiger partial charge is 0.0242 e. The van der Waals surface area contributed by atoms with Crippen molar-refractivity contribution in [1.82, 2.24) is 5.43 Å². The Morgan fingerprint density at radius 1 is 1.33 bits per heavy atom. The largest absolute Gasteiger partial charge is 0.328 e. The van der Waals surface area contributed by atoms with Crippen molar-refractivity contribution in [3.05, 3.63) is 11.8 Å². The molecular formula is C10H24N2. The standard InChI is InChI=1S/C6H14N2.C4H10/c1-4-6(8-7)5(2)3;1-3-4-2/h4-5,8H,7H2,1-3H3;3-4H2,1-2H3/b6-4-;. The molecule has 3 N–H and O–H groups in total. The summed E-state index contributed by atoms with van der Waals surface area (Å²) >= 11 is 0. The van der Waals surface area contributed by atoms with Gasteiger partial charge in [-0.05, 0) is 12.8 Å². The predicted molar refractivity (Wildman–Crippen MR) is 56.5 cm³/mol. The van der Waals surface area contributed by atoms with E-state index in [9.17, 15) is 0 Å². The highest BCUT2D eigenvalue weighted by atomic mass is 15.2. The molecule has 0 fully saturated rings. The highest BCUT2D eigenvalue weighted by molar-refractivity contribution is 4.98. The molecule has 0 spiro atoms. The van der Waals surface area contributed by atoms with E-state index in [2.05, 4.69) is 33.1 Å². The van der Waals surface area contributed by atoms with Gasteiger partial charge < -0.3 is 5.43 Å². The van der Waals surface area contributed by atoms with Crippen LogP contribution in [0.4, 0.5) is 0 Å². The molecular weight excluding hydrogens is 148 g/mol. The Kier molecular flexibility index (Phi) is 12.3. The van der Waals surface area contributed by atoms with Crippen LogP contribution >= 0.6 is 0 Å². The van der Waals surface area contributed by atoms with Gasteiger partial charge in [0.1, 0.15) is 0 Å². The summed E-state index contributed by atoms with van der Waals surface area (Å²) in [6, 6.07) is 0. The molecule has 0 aliphatic heterocycles. The van der Waals surface area contributed by atoms with Crippen LogP contribution in [0.5, 0.6) is 0 Å². The number of hydrogen-bond donors (Lipinski definition) is 2. The zero-order valence-electron chi connectivity index (χ0n) is 9.15. The molecule has 0 radical (unpaired) electrons. The second-order valence-electron chi connectivity index (χ2n) is 3.04. The summed E-state index contributed by atoms with van der Waals surface area (Å²) in [4.78, 5) is 0. The predicted octanol–water partition coefficient (Wildman–Crippen LogP) is 2.82. The second kappa shape index (κ2) is 10.5. The summed E-state index contributed by atoms with van der Waals surface area (Å²) in [5.74, 6) is 5.67. The fourth-order valence-electron chi connectivity index (χ4n) is 0.583. The zero-order chi connectivity index (χ0) is 9.98. The fraction of sp³-hybridized carbons (Fsp3) is 0.800. The normalized spacial score (nSPS) is 10.8. The summed E-state index contributed by atoms with van der Waals surface area (Å²) in [5, 5.41) is 0. The van der Waals surface area contributed by atoms with E-state index >= 15 is 0 Å². The monoisotopic (exact) mass is 172 g/mol. The van der Waals surface area contributed by atoms with E-state index in [-0.39, 0.29) is 0 Å². The van der Waals surface area contributed by atoms with E-state index in [0.29, 0.717) is 5.92 Å². The molecule has 0 unspecified atom stereocenters. The van der Waals surface area contributed by atoms with E-state index in [4.69, 9.17) is 5.84 Å². The molecule has 0 amide bonds. The molecule has 0 bridgehead atoms. The van der Waals surface area contributed by atoms with Crippen LogP contribution in [-0.2, 0) is 0 Å². The third kappa shape index (κ3) is 9.50. The molecule has 0 rings (SSSR count). The lowest BCUT2D eigenvalue weighted by Crippen LogP contribution is -2.23. The first-order valence-corrected chi connectivity index (χ1v) is 4.76. The third-order valence-electron chi connectivity index (χ3n) is 1.60. The molecule has 0 aliphatic rings. The second-order valence-corrected chi connectivity index (χ2v) is 3.04. The number of nitrogens with one attached hydrogen (secondary N) is 1. The Bertz CT molecular complexity index is 104. The van der Waals surface area contributed by atoms with Gasteiger partial charge in [0.05, 0.1) is 0 Å². The molecule has 0 heterocycles. The number of hydrazine groups is 1. The maximum absolute atomic E-state index is 5.17. The van der Waals surface area contributed by atoms with Crippen molar-refractivity contribution >= 4 is 0 Å². The molecule has 12 heavy (non-hydrogen) atoms. The Morgan fingerprint density at radius 3 is 1.75 bits per heavy atom. The van der Waals surface area contributed by atoms with Crippen molar-refractivity contribution < 1.29 is 0 Å². The lowest BCUT2D eigenvalue weighted by Gasteiger charge is -2.07. The molecule has 0 aromatic rings. The molecule has 0 saturated carbocycles. The van der Waals surface area contributed by atoms with Crippen LogP contribution in [0.1, 0.15) is 47.5 Å². The quantitative estimate of drug-likeness (QED) is 0.507. The van der Waals surface area contributed by atoms with Crippen LogP contribution < -0.4 is 11.3 Å². The van der Waals surface area contributed by atoms with E-state index in [1.54, 1.807) is 0 Å². The van der Waals surface area contributed by atoms with Crippen LogP contribution in [0.25, 0.3) is 0 Å². The van der Waals surface area contributed by atoms with Crippen molar-refractivity contribution in [2.24, 2.45) is 11.8 Å². The van der Waals surface area contributed by atoms with E-state index in [1.807, 2.05) is 13.0 Å². The summed E-state index contributed by atoms with van der Waals surface area (Å²) in [6.07, 6.45) is 4.62. The Morgan fingerprint density at radius 2 is 1.75 bits per heavy atom. The summed E-state index contributed by atoms with van der Waals surface area (Å²) < 4.78 is 0. The molecule has 2 nitrogen and oxygen atoms in total. The minimum absolute atomic E-state index is 0.505. The first-order chi connectivity index (χ1) is 5.63. The third-order valence-corrected chi connectivity index (χ3v) is 1.60. The van der Waals surface area contributed by atoms with E-state index in [0.717, 1.165) is 5.70 Å². The first-order valence-electron chi connectivity index (χ1n) is 4.76. The first kappa shape index (κ1) is 14.0. The lowest BCUT2D eigenvalue weighted by atomic mass is 10.1. The molecule has 74 valence electrons. The Labute approximate surface area is 77.2 Å². The van der Waals surface area contributed by atoms with Crippen molar-refractivity contribution in [3.63, 3.8) is 0 Å². The van der Waals surface area contributed by atoms with Crippen LogP contribution in [0, 0.1) is 5.92 Å². The minimum Gasteiger partial charge on any atom is -0.328 e. The van der Waals surface area contributed by atoms with Gasteiger partial charge in [0.2, 0.25) is 0 Å². The van der Waals surface area contributed by atoms with Gasteiger partial charge in [-0.15, -0.1) is 0 Å². The number of unbranched alkanes of at least 4 members (excludes halogenated alkanes) is 1. The van der Waals surface area contributed by atoms with Crippen molar-refractivity contribution in [2.45, 2.75) is 47.5 Å². The van der Waals surface area contributed by atoms with Gasteiger partial charge in [-0.2, -0.15) is 0 Å². The van der Waals surface area contributed by atoms with Gasteiger partial charge in [-0.25, -0.2) is 0 Å². The SMILES string of the molecule is C/C=C(\NN)C(C)C.CCCC. The number of rotatable bonds is 3. The fourth-order valence-corrected chi connectivity index (χ4v) is 0.583. The number of nitrogens with two attached hydrogens (primary N) is 1. The maximum Gasteiger partial charge on any atom is 0.0242 e. The highest BCUT2D eigenvalue weighted by Gasteiger charge is 1.95. The van der Waals surface area contributed by atoms with Gasteiger partial charge in [0.15, 0.2) is 0 Å². The van der Waals surface area contributed by atoms with Crippen LogP contribution in [0.3, 0.4) is 0 Å². The van der Waals surface area contributed by atoms with Crippen LogP contribution in [0.2, 0.25) is 0 Å². The summed E-state index contributed by atoms with van der Waals surface area (Å²) in [7, 11) is 0. The van der Waals surface area contributed by atoms with E-state index < -0.39 is 0 Å². The Hall–Kier alpha value is -0.500. The lowest BCUT2D eigenvalue weighted by molar-refractivity contribution is 0.670. The zero-order valence-corrected chi connectivity index (χ0v) is 9.15. The van der Waals surface area contributed by atoms with Crippen LogP contribution in [-0.4, -0.2) is 0 Å². The van der Waals surface area contributed by atoms with Gasteiger partial charge in [-0.3, -0.25) is 5.84 Å². The van der Waals surface area contributed by atoms with Gasteiger partial charge in [-0.1, -0.05) is 46.6 Å². The van der Waals surface area contributed by atoms with Crippen molar-refractivity contribution in [2.75, 3.05) is 0 Å². The summed E-state index contributed by atoms with van der Waals surface area (Å²) in [5.41, 5.74) is 3.70. The van der Waals surface area contributed by atoms with E-state index in [1.165, 1.54) is 12.8 Å². The molecule has 0 aliphatic carbocycles. The average molecular weight is 172 g/mol. The van der Waals surface area contributed by atoms with Crippen molar-refractivity contribution in [1.29, 1.82) is 0 Å².